The average molecular weight is 283 g/mol. The summed E-state index contributed by atoms with van der Waals surface area (Å²) in [5, 5.41) is 2.78. The third-order valence-corrected chi connectivity index (χ3v) is 3.78. The van der Waals surface area contributed by atoms with Gasteiger partial charge >= 0.3 is 6.09 Å². The molecule has 0 aromatic rings. The molecule has 0 atom stereocenters. The molecular weight excluding hydrogens is 254 g/mol. The Balaban J connectivity index is 2.05. The molecule has 0 aliphatic heterocycles. The number of alkyl carbamates (subject to hydrolysis) is 1. The molecule has 4 heteroatoms. The van der Waals surface area contributed by atoms with Gasteiger partial charge in [0.05, 0.1) is 19.5 Å². The molecule has 0 bridgehead atoms. The molecule has 1 rings (SSSR count). The maximum absolute atomic E-state index is 11.4. The lowest BCUT2D eigenvalue weighted by Crippen LogP contribution is -2.28. The van der Waals surface area contributed by atoms with E-state index in [4.69, 9.17) is 9.47 Å². The van der Waals surface area contributed by atoms with E-state index >= 15 is 0 Å². The fraction of sp³-hybridized carbons (Fsp3) is 0.812. The van der Waals surface area contributed by atoms with Gasteiger partial charge in [-0.1, -0.05) is 19.4 Å². The SMILES string of the molecule is C/C=C/OCC1CCC(COC(=O)NCCCC)CC1. The second-order valence-corrected chi connectivity index (χ2v) is 5.57. The molecule has 0 radical (unpaired) electrons. The summed E-state index contributed by atoms with van der Waals surface area (Å²) in [7, 11) is 0. The van der Waals surface area contributed by atoms with E-state index in [9.17, 15) is 4.79 Å². The fourth-order valence-corrected chi connectivity index (χ4v) is 2.46. The van der Waals surface area contributed by atoms with Gasteiger partial charge in [-0.2, -0.15) is 0 Å². The summed E-state index contributed by atoms with van der Waals surface area (Å²) in [4.78, 5) is 11.4. The third kappa shape index (κ3) is 7.41. The highest BCUT2D eigenvalue weighted by molar-refractivity contribution is 5.66. The van der Waals surface area contributed by atoms with Crippen LogP contribution in [-0.4, -0.2) is 25.9 Å². The molecule has 0 spiro atoms. The molecule has 0 aromatic carbocycles. The predicted octanol–water partition coefficient (Wildman–Crippen LogP) is 3.87. The number of ether oxygens (including phenoxy) is 2. The van der Waals surface area contributed by atoms with Crippen molar-refractivity contribution in [3.05, 3.63) is 12.3 Å². The Hall–Kier alpha value is -1.19. The minimum absolute atomic E-state index is 0.267. The maximum atomic E-state index is 11.4. The van der Waals surface area contributed by atoms with Crippen molar-refractivity contribution >= 4 is 6.09 Å². The first-order chi connectivity index (χ1) is 9.76. The van der Waals surface area contributed by atoms with Crippen molar-refractivity contribution in [2.45, 2.75) is 52.4 Å². The van der Waals surface area contributed by atoms with E-state index in [0.29, 0.717) is 25.0 Å². The Morgan fingerprint density at radius 2 is 1.85 bits per heavy atom. The van der Waals surface area contributed by atoms with Crippen molar-refractivity contribution in [1.29, 1.82) is 0 Å². The van der Waals surface area contributed by atoms with Crippen LogP contribution in [0.4, 0.5) is 4.79 Å². The summed E-state index contributed by atoms with van der Waals surface area (Å²) in [5.41, 5.74) is 0. The zero-order chi connectivity index (χ0) is 14.6. The summed E-state index contributed by atoms with van der Waals surface area (Å²) in [5.74, 6) is 1.17. The largest absolute Gasteiger partial charge is 0.501 e. The van der Waals surface area contributed by atoms with Gasteiger partial charge in [-0.15, -0.1) is 0 Å². The van der Waals surface area contributed by atoms with Crippen LogP contribution in [-0.2, 0) is 9.47 Å². The van der Waals surface area contributed by atoms with Gasteiger partial charge < -0.3 is 14.8 Å². The van der Waals surface area contributed by atoms with Crippen LogP contribution in [0.25, 0.3) is 0 Å². The Labute approximate surface area is 122 Å². The van der Waals surface area contributed by atoms with Crippen molar-refractivity contribution in [3.8, 4) is 0 Å². The van der Waals surface area contributed by atoms with E-state index in [-0.39, 0.29) is 6.09 Å². The Morgan fingerprint density at radius 1 is 1.20 bits per heavy atom. The first-order valence-electron chi connectivity index (χ1n) is 7.89. The van der Waals surface area contributed by atoms with Crippen molar-refractivity contribution in [2.24, 2.45) is 11.8 Å². The van der Waals surface area contributed by atoms with E-state index < -0.39 is 0 Å². The molecular formula is C16H29NO3. The number of amides is 1. The standard InChI is InChI=1S/C16H29NO3/c1-3-5-10-17-16(18)20-13-15-8-6-14(7-9-15)12-19-11-4-2/h4,11,14-15H,3,5-10,12-13H2,1-2H3,(H,17,18)/b11-4+. The minimum Gasteiger partial charge on any atom is -0.501 e. The van der Waals surface area contributed by atoms with Gasteiger partial charge in [-0.25, -0.2) is 4.79 Å². The number of hydrogen-bond donors (Lipinski definition) is 1. The van der Waals surface area contributed by atoms with Gasteiger partial charge in [0, 0.05) is 6.54 Å². The topological polar surface area (TPSA) is 47.6 Å². The van der Waals surface area contributed by atoms with Crippen LogP contribution in [0.3, 0.4) is 0 Å². The molecule has 0 saturated heterocycles. The lowest BCUT2D eigenvalue weighted by molar-refractivity contribution is 0.0948. The Morgan fingerprint density at radius 3 is 2.45 bits per heavy atom. The number of allylic oxidation sites excluding steroid dienone is 1. The van der Waals surface area contributed by atoms with E-state index in [2.05, 4.69) is 12.2 Å². The molecule has 4 nitrogen and oxygen atoms in total. The average Bonchev–Trinajstić information content (AvgIpc) is 2.47. The molecule has 0 unspecified atom stereocenters. The molecule has 1 fully saturated rings. The van der Waals surface area contributed by atoms with Gasteiger partial charge in [-0.05, 0) is 50.9 Å². The quantitative estimate of drug-likeness (QED) is 0.543. The molecule has 0 aromatic heterocycles. The number of unbranched alkanes of at least 4 members (excludes halogenated alkanes) is 1. The van der Waals surface area contributed by atoms with E-state index in [1.165, 1.54) is 12.8 Å². The number of carbonyl (C=O) groups excluding carboxylic acids is 1. The molecule has 1 N–H and O–H groups in total. The molecule has 1 aliphatic rings. The van der Waals surface area contributed by atoms with Gasteiger partial charge in [0.2, 0.25) is 0 Å². The van der Waals surface area contributed by atoms with Crippen molar-refractivity contribution in [2.75, 3.05) is 19.8 Å². The van der Waals surface area contributed by atoms with E-state index in [0.717, 1.165) is 32.3 Å². The van der Waals surface area contributed by atoms with Crippen LogP contribution >= 0.6 is 0 Å². The van der Waals surface area contributed by atoms with Crippen molar-refractivity contribution in [1.82, 2.24) is 5.32 Å². The highest BCUT2D eigenvalue weighted by Gasteiger charge is 2.22. The predicted molar refractivity (Wildman–Crippen MR) is 80.5 cm³/mol. The molecule has 1 amide bonds. The first-order valence-corrected chi connectivity index (χ1v) is 7.89. The van der Waals surface area contributed by atoms with Crippen molar-refractivity contribution < 1.29 is 14.3 Å². The highest BCUT2D eigenvalue weighted by Crippen LogP contribution is 2.29. The van der Waals surface area contributed by atoms with Crippen LogP contribution in [0.15, 0.2) is 12.3 Å². The van der Waals surface area contributed by atoms with Gasteiger partial charge in [-0.3, -0.25) is 0 Å². The van der Waals surface area contributed by atoms with E-state index in [1.54, 1.807) is 6.26 Å². The minimum atomic E-state index is -0.267. The number of hydrogen-bond acceptors (Lipinski definition) is 3. The van der Waals surface area contributed by atoms with Gasteiger partial charge in [0.25, 0.3) is 0 Å². The second-order valence-electron chi connectivity index (χ2n) is 5.57. The molecule has 1 saturated carbocycles. The summed E-state index contributed by atoms with van der Waals surface area (Å²) >= 11 is 0. The van der Waals surface area contributed by atoms with Gasteiger partial charge in [0.1, 0.15) is 0 Å². The lowest BCUT2D eigenvalue weighted by atomic mass is 9.83. The van der Waals surface area contributed by atoms with Crippen LogP contribution in [0.5, 0.6) is 0 Å². The third-order valence-electron chi connectivity index (χ3n) is 3.78. The van der Waals surface area contributed by atoms with Gasteiger partial charge in [0.15, 0.2) is 0 Å². The maximum Gasteiger partial charge on any atom is 0.407 e. The van der Waals surface area contributed by atoms with Crippen LogP contribution in [0, 0.1) is 11.8 Å². The monoisotopic (exact) mass is 283 g/mol. The Bertz CT molecular complexity index is 283. The fourth-order valence-electron chi connectivity index (χ4n) is 2.46. The molecule has 116 valence electrons. The number of rotatable bonds is 8. The number of carbonyl (C=O) groups is 1. The molecule has 1 aliphatic carbocycles. The summed E-state index contributed by atoms with van der Waals surface area (Å²) < 4.78 is 10.7. The molecule has 0 heterocycles. The summed E-state index contributed by atoms with van der Waals surface area (Å²) in [6.07, 6.45) is 10.1. The number of nitrogens with one attached hydrogen (secondary N) is 1. The van der Waals surface area contributed by atoms with Crippen LogP contribution < -0.4 is 5.32 Å². The highest BCUT2D eigenvalue weighted by atomic mass is 16.5. The van der Waals surface area contributed by atoms with Crippen molar-refractivity contribution in [3.63, 3.8) is 0 Å². The van der Waals surface area contributed by atoms with Crippen LogP contribution in [0.2, 0.25) is 0 Å². The Kier molecular flexibility index (Phi) is 8.92. The van der Waals surface area contributed by atoms with E-state index in [1.807, 2.05) is 13.0 Å². The normalized spacial score (nSPS) is 22.7. The second kappa shape index (κ2) is 10.6. The first kappa shape index (κ1) is 16.9. The smallest absolute Gasteiger partial charge is 0.407 e. The van der Waals surface area contributed by atoms with Crippen LogP contribution in [0.1, 0.15) is 52.4 Å². The molecule has 20 heavy (non-hydrogen) atoms. The zero-order valence-corrected chi connectivity index (χ0v) is 12.9. The lowest BCUT2D eigenvalue weighted by Gasteiger charge is -2.27. The zero-order valence-electron chi connectivity index (χ0n) is 12.9. The summed E-state index contributed by atoms with van der Waals surface area (Å²) in [6.45, 7) is 6.14. The summed E-state index contributed by atoms with van der Waals surface area (Å²) in [6, 6.07) is 0.